The first-order valence-electron chi connectivity index (χ1n) is 7.95. The third-order valence-electron chi connectivity index (χ3n) is 5.28. The summed E-state index contributed by atoms with van der Waals surface area (Å²) in [7, 11) is 0. The number of hydrogen-bond donors (Lipinski definition) is 1. The second-order valence-electron chi connectivity index (χ2n) is 6.73. The molecule has 0 unspecified atom stereocenters. The Labute approximate surface area is 140 Å². The molecule has 0 spiro atoms. The van der Waals surface area contributed by atoms with Crippen molar-refractivity contribution in [2.45, 2.75) is 38.5 Å². The Kier molecular flexibility index (Phi) is 7.25. The molecule has 2 N–H and O–H groups in total. The summed E-state index contributed by atoms with van der Waals surface area (Å²) in [6.45, 7) is 5.73. The van der Waals surface area contributed by atoms with Crippen molar-refractivity contribution < 1.29 is 4.79 Å². The number of rotatable bonds is 4. The van der Waals surface area contributed by atoms with Crippen molar-refractivity contribution in [2.75, 3.05) is 39.3 Å². The smallest absolute Gasteiger partial charge is 0.230 e. The Morgan fingerprint density at radius 1 is 1.05 bits per heavy atom. The van der Waals surface area contributed by atoms with Gasteiger partial charge in [-0.05, 0) is 31.6 Å². The minimum Gasteiger partial charge on any atom is -0.340 e. The molecule has 3 rings (SSSR count). The van der Waals surface area contributed by atoms with Crippen molar-refractivity contribution in [1.29, 1.82) is 0 Å². The lowest BCUT2D eigenvalue weighted by atomic mass is 9.84. The third-order valence-corrected chi connectivity index (χ3v) is 5.28. The van der Waals surface area contributed by atoms with Crippen molar-refractivity contribution in [3.05, 3.63) is 0 Å². The highest BCUT2D eigenvalue weighted by molar-refractivity contribution is 5.85. The van der Waals surface area contributed by atoms with E-state index in [9.17, 15) is 4.79 Å². The molecule has 1 heterocycles. The maximum absolute atomic E-state index is 12.7. The summed E-state index contributed by atoms with van der Waals surface area (Å²) in [5.41, 5.74) is 5.71. The van der Waals surface area contributed by atoms with E-state index in [4.69, 9.17) is 5.73 Å². The van der Waals surface area contributed by atoms with Crippen molar-refractivity contribution in [3.8, 4) is 0 Å². The Hall–Kier alpha value is -0.0300. The molecule has 124 valence electrons. The molecule has 0 atom stereocenters. The fourth-order valence-corrected chi connectivity index (χ4v) is 3.69. The standard InChI is InChI=1S/C15H27N3O.2ClH/c16-12-15(5-1-2-6-15)14(19)18-9-7-17(8-10-18)11-13-3-4-13;;/h13H,1-12,16H2;2*1H. The minimum atomic E-state index is -0.210. The number of nitrogens with zero attached hydrogens (tertiary/aromatic N) is 2. The highest BCUT2D eigenvalue weighted by Gasteiger charge is 2.42. The van der Waals surface area contributed by atoms with Gasteiger partial charge >= 0.3 is 0 Å². The minimum absolute atomic E-state index is 0. The Bertz CT molecular complexity index is 336. The zero-order valence-electron chi connectivity index (χ0n) is 12.8. The van der Waals surface area contributed by atoms with Crippen LogP contribution in [0.4, 0.5) is 0 Å². The fraction of sp³-hybridized carbons (Fsp3) is 0.933. The monoisotopic (exact) mass is 337 g/mol. The lowest BCUT2D eigenvalue weighted by Gasteiger charge is -2.39. The molecule has 1 saturated heterocycles. The average molecular weight is 338 g/mol. The number of halogens is 2. The van der Waals surface area contributed by atoms with Gasteiger partial charge in [-0.1, -0.05) is 12.8 Å². The van der Waals surface area contributed by atoms with E-state index in [0.717, 1.165) is 44.9 Å². The molecule has 21 heavy (non-hydrogen) atoms. The van der Waals surface area contributed by atoms with E-state index in [-0.39, 0.29) is 30.2 Å². The second kappa shape index (κ2) is 8.00. The van der Waals surface area contributed by atoms with Gasteiger partial charge in [-0.3, -0.25) is 9.69 Å². The number of nitrogens with two attached hydrogens (primary N) is 1. The number of hydrogen-bond acceptors (Lipinski definition) is 3. The summed E-state index contributed by atoms with van der Waals surface area (Å²) in [5, 5.41) is 0. The number of piperazine rings is 1. The first-order valence-corrected chi connectivity index (χ1v) is 7.95. The molecular formula is C15H29Cl2N3O. The number of carbonyl (C=O) groups excluding carboxylic acids is 1. The zero-order valence-corrected chi connectivity index (χ0v) is 14.4. The summed E-state index contributed by atoms with van der Waals surface area (Å²) in [6, 6.07) is 0. The van der Waals surface area contributed by atoms with Crippen molar-refractivity contribution in [3.63, 3.8) is 0 Å². The first kappa shape index (κ1) is 19.0. The van der Waals surface area contributed by atoms with E-state index in [1.165, 1.54) is 32.2 Å². The van der Waals surface area contributed by atoms with Gasteiger partial charge in [0.15, 0.2) is 0 Å². The van der Waals surface area contributed by atoms with Crippen LogP contribution in [-0.4, -0.2) is 55.0 Å². The Balaban J connectivity index is 0.00000110. The highest BCUT2D eigenvalue weighted by atomic mass is 35.5. The van der Waals surface area contributed by atoms with Gasteiger partial charge in [0, 0.05) is 39.3 Å². The predicted octanol–water partition coefficient (Wildman–Crippen LogP) is 1.90. The molecule has 1 aliphatic heterocycles. The molecule has 3 fully saturated rings. The van der Waals surface area contributed by atoms with Gasteiger partial charge in [-0.25, -0.2) is 0 Å². The van der Waals surface area contributed by atoms with Crippen LogP contribution in [0.25, 0.3) is 0 Å². The van der Waals surface area contributed by atoms with E-state index in [0.29, 0.717) is 12.5 Å². The maximum atomic E-state index is 12.7. The van der Waals surface area contributed by atoms with Crippen molar-refractivity contribution >= 4 is 30.7 Å². The lowest BCUT2D eigenvalue weighted by Crippen LogP contribution is -2.54. The van der Waals surface area contributed by atoms with Gasteiger partial charge in [-0.2, -0.15) is 0 Å². The Morgan fingerprint density at radius 3 is 2.10 bits per heavy atom. The molecule has 0 radical (unpaired) electrons. The van der Waals surface area contributed by atoms with Crippen LogP contribution >= 0.6 is 24.8 Å². The molecule has 0 aromatic rings. The largest absolute Gasteiger partial charge is 0.340 e. The maximum Gasteiger partial charge on any atom is 0.230 e. The molecule has 0 bridgehead atoms. The molecule has 6 heteroatoms. The van der Waals surface area contributed by atoms with E-state index in [1.54, 1.807) is 0 Å². The SMILES string of the molecule is Cl.Cl.NCC1(C(=O)N2CCN(CC3CC3)CC2)CCCC1. The molecule has 2 aliphatic carbocycles. The molecular weight excluding hydrogens is 309 g/mol. The van der Waals surface area contributed by atoms with Gasteiger partial charge in [-0.15, -0.1) is 24.8 Å². The molecule has 0 aromatic heterocycles. The van der Waals surface area contributed by atoms with Crippen LogP contribution in [0.15, 0.2) is 0 Å². The van der Waals surface area contributed by atoms with Gasteiger partial charge in [0.1, 0.15) is 0 Å². The van der Waals surface area contributed by atoms with Crippen LogP contribution in [-0.2, 0) is 4.79 Å². The van der Waals surface area contributed by atoms with Crippen molar-refractivity contribution in [1.82, 2.24) is 9.80 Å². The average Bonchev–Trinajstić information content (AvgIpc) is 3.13. The van der Waals surface area contributed by atoms with E-state index in [2.05, 4.69) is 9.80 Å². The number of amides is 1. The van der Waals surface area contributed by atoms with E-state index >= 15 is 0 Å². The third kappa shape index (κ3) is 4.25. The summed E-state index contributed by atoms with van der Waals surface area (Å²) in [4.78, 5) is 17.3. The zero-order chi connectivity index (χ0) is 13.3. The highest BCUT2D eigenvalue weighted by Crippen LogP contribution is 2.39. The molecule has 3 aliphatic rings. The first-order chi connectivity index (χ1) is 9.23. The van der Waals surface area contributed by atoms with Gasteiger partial charge in [0.05, 0.1) is 5.41 Å². The lowest BCUT2D eigenvalue weighted by molar-refractivity contribution is -0.143. The van der Waals surface area contributed by atoms with Gasteiger partial charge in [0.25, 0.3) is 0 Å². The second-order valence-corrected chi connectivity index (χ2v) is 6.73. The van der Waals surface area contributed by atoms with E-state index < -0.39 is 0 Å². The summed E-state index contributed by atoms with van der Waals surface area (Å²) in [5.74, 6) is 1.30. The van der Waals surface area contributed by atoms with Gasteiger partial charge in [0.2, 0.25) is 5.91 Å². The van der Waals surface area contributed by atoms with Crippen LogP contribution in [0.2, 0.25) is 0 Å². The molecule has 0 aromatic carbocycles. The quantitative estimate of drug-likeness (QED) is 0.852. The van der Waals surface area contributed by atoms with Crippen LogP contribution in [0, 0.1) is 11.3 Å². The van der Waals surface area contributed by atoms with Crippen LogP contribution < -0.4 is 5.73 Å². The summed E-state index contributed by atoms with van der Waals surface area (Å²) in [6.07, 6.45) is 7.18. The molecule has 1 amide bonds. The predicted molar refractivity (Wildman–Crippen MR) is 90.2 cm³/mol. The molecule has 2 saturated carbocycles. The van der Waals surface area contributed by atoms with E-state index in [1.807, 2.05) is 0 Å². The summed E-state index contributed by atoms with van der Waals surface area (Å²) < 4.78 is 0. The van der Waals surface area contributed by atoms with Crippen LogP contribution in [0.3, 0.4) is 0 Å². The molecule has 4 nitrogen and oxygen atoms in total. The van der Waals surface area contributed by atoms with Crippen LogP contribution in [0.5, 0.6) is 0 Å². The van der Waals surface area contributed by atoms with Crippen LogP contribution in [0.1, 0.15) is 38.5 Å². The Morgan fingerprint density at radius 2 is 1.62 bits per heavy atom. The van der Waals surface area contributed by atoms with Crippen molar-refractivity contribution in [2.24, 2.45) is 17.1 Å². The topological polar surface area (TPSA) is 49.6 Å². The normalized spacial score (nSPS) is 25.1. The number of carbonyl (C=O) groups is 1. The summed E-state index contributed by atoms with van der Waals surface area (Å²) >= 11 is 0. The van der Waals surface area contributed by atoms with Gasteiger partial charge < -0.3 is 10.6 Å². The fourth-order valence-electron chi connectivity index (χ4n) is 3.69.